The monoisotopic (exact) mass is 395 g/mol. The normalized spacial score (nSPS) is 16.6. The molecule has 0 N–H and O–H groups in total. The zero-order chi connectivity index (χ0) is 20.6. The molecule has 1 heteroatoms. The molecule has 0 radical (unpaired) electrons. The minimum Gasteiger partial charge on any atom is -0.247 e. The highest BCUT2D eigenvalue weighted by atomic mass is 14.8. The molecule has 0 saturated heterocycles. The summed E-state index contributed by atoms with van der Waals surface area (Å²) in [6.45, 7) is 3.71. The molecule has 0 saturated carbocycles. The van der Waals surface area contributed by atoms with Crippen LogP contribution in [0.2, 0.25) is 0 Å². The van der Waals surface area contributed by atoms with Gasteiger partial charge in [-0.2, -0.15) is 0 Å². The van der Waals surface area contributed by atoms with Gasteiger partial charge in [-0.25, -0.2) is 4.99 Å². The van der Waals surface area contributed by atoms with Crippen molar-refractivity contribution in [3.63, 3.8) is 0 Å². The molecule has 0 fully saturated rings. The van der Waals surface area contributed by atoms with Gasteiger partial charge in [0.25, 0.3) is 0 Å². The van der Waals surface area contributed by atoms with Gasteiger partial charge in [0.1, 0.15) is 0 Å². The van der Waals surface area contributed by atoms with Crippen molar-refractivity contribution in [2.45, 2.75) is 63.7 Å². The Hall–Kier alpha value is -2.67. The summed E-state index contributed by atoms with van der Waals surface area (Å²) in [5.74, 6) is 0.512. The highest BCUT2D eigenvalue weighted by Gasteiger charge is 2.30. The maximum absolute atomic E-state index is 4.95. The van der Waals surface area contributed by atoms with E-state index in [1.807, 2.05) is 6.08 Å². The van der Waals surface area contributed by atoms with Crippen LogP contribution in [0.4, 0.5) is 5.69 Å². The first-order valence-electron chi connectivity index (χ1n) is 11.7. The van der Waals surface area contributed by atoms with Crippen LogP contribution >= 0.6 is 0 Å². The lowest BCUT2D eigenvalue weighted by Gasteiger charge is -2.24. The first-order chi connectivity index (χ1) is 14.9. The number of fused-ring (bicyclic) bond motifs is 5. The van der Waals surface area contributed by atoms with Crippen molar-refractivity contribution in [1.29, 1.82) is 0 Å². The minimum absolute atomic E-state index is 0.512. The number of benzene rings is 2. The van der Waals surface area contributed by atoms with Gasteiger partial charge in [-0.1, -0.05) is 112 Å². The second kappa shape index (κ2) is 10.4. The fourth-order valence-corrected chi connectivity index (χ4v) is 4.75. The van der Waals surface area contributed by atoms with Gasteiger partial charge in [-0.15, -0.1) is 0 Å². The molecule has 154 valence electrons. The number of hydrogen-bond acceptors (Lipinski definition) is 1. The highest BCUT2D eigenvalue weighted by molar-refractivity contribution is 6.37. The van der Waals surface area contributed by atoms with E-state index in [1.165, 1.54) is 85.8 Å². The molecule has 0 aromatic heterocycles. The van der Waals surface area contributed by atoms with E-state index in [9.17, 15) is 0 Å². The highest BCUT2D eigenvalue weighted by Crippen LogP contribution is 2.44. The number of para-hydroxylation sites is 1. The van der Waals surface area contributed by atoms with Crippen molar-refractivity contribution in [1.82, 2.24) is 0 Å². The zero-order valence-electron chi connectivity index (χ0n) is 18.0. The Balaban J connectivity index is 1.29. The fourth-order valence-electron chi connectivity index (χ4n) is 4.75. The Kier molecular flexibility index (Phi) is 7.13. The van der Waals surface area contributed by atoms with Gasteiger partial charge < -0.3 is 0 Å². The predicted octanol–water partition coefficient (Wildman–Crippen LogP) is 8.55. The first-order valence-corrected chi connectivity index (χ1v) is 11.7. The summed E-state index contributed by atoms with van der Waals surface area (Å²) in [5.41, 5.74) is 7.73. The number of aliphatic imine (C=N–C) groups is 1. The summed E-state index contributed by atoms with van der Waals surface area (Å²) < 4.78 is 0. The Morgan fingerprint density at radius 3 is 2.33 bits per heavy atom. The van der Waals surface area contributed by atoms with E-state index >= 15 is 0 Å². The van der Waals surface area contributed by atoms with Crippen LogP contribution in [0.15, 0.2) is 84.4 Å². The van der Waals surface area contributed by atoms with E-state index in [0.717, 1.165) is 5.69 Å². The standard InChI is InChI=1S/C29H33N/c1-2-3-4-5-6-7-8-9-10-11-12-17-23-22-27-25-19-15-16-21-28(25)30-29(27)26-20-14-13-18-24(23)26/h2-4,13-16,18-23H,1,5-12,17H2. The van der Waals surface area contributed by atoms with Crippen molar-refractivity contribution in [3.05, 3.63) is 96.1 Å². The topological polar surface area (TPSA) is 12.4 Å². The molecule has 1 atom stereocenters. The average Bonchev–Trinajstić information content (AvgIpc) is 3.16. The summed E-state index contributed by atoms with van der Waals surface area (Å²) in [6.07, 6.45) is 20.5. The summed E-state index contributed by atoms with van der Waals surface area (Å²) in [4.78, 5) is 4.95. The molecule has 1 nitrogen and oxygen atoms in total. The van der Waals surface area contributed by atoms with Gasteiger partial charge in [-0.3, -0.25) is 0 Å². The van der Waals surface area contributed by atoms with Crippen molar-refractivity contribution >= 4 is 17.0 Å². The van der Waals surface area contributed by atoms with Gasteiger partial charge >= 0.3 is 0 Å². The first kappa shape index (κ1) is 20.6. The van der Waals surface area contributed by atoms with E-state index in [2.05, 4.69) is 73.3 Å². The summed E-state index contributed by atoms with van der Waals surface area (Å²) in [6, 6.07) is 17.5. The average molecular weight is 396 g/mol. The second-order valence-electron chi connectivity index (χ2n) is 8.47. The Morgan fingerprint density at radius 1 is 0.800 bits per heavy atom. The lowest BCUT2D eigenvalue weighted by molar-refractivity contribution is 0.557. The molecule has 2 aromatic rings. The van der Waals surface area contributed by atoms with Gasteiger partial charge in [0.15, 0.2) is 0 Å². The lowest BCUT2D eigenvalue weighted by Crippen LogP contribution is -2.13. The molecule has 4 rings (SSSR count). The van der Waals surface area contributed by atoms with Crippen LogP contribution in [0.5, 0.6) is 0 Å². The molecule has 0 spiro atoms. The number of rotatable bonds is 11. The van der Waals surface area contributed by atoms with E-state index in [1.54, 1.807) is 0 Å². The quantitative estimate of drug-likeness (QED) is 0.267. The molecule has 2 aromatic carbocycles. The molecule has 1 unspecified atom stereocenters. The van der Waals surface area contributed by atoms with E-state index in [-0.39, 0.29) is 0 Å². The minimum atomic E-state index is 0.512. The predicted molar refractivity (Wildman–Crippen MR) is 131 cm³/mol. The molecule has 1 aliphatic carbocycles. The fraction of sp³-hybridized carbons (Fsp3) is 0.345. The van der Waals surface area contributed by atoms with Gasteiger partial charge in [0.2, 0.25) is 0 Å². The second-order valence-corrected chi connectivity index (χ2v) is 8.47. The van der Waals surface area contributed by atoms with Crippen LogP contribution in [0.1, 0.15) is 80.4 Å². The smallest absolute Gasteiger partial charge is 0.0788 e. The van der Waals surface area contributed by atoms with Crippen molar-refractivity contribution in [3.8, 4) is 0 Å². The van der Waals surface area contributed by atoms with E-state index < -0.39 is 0 Å². The number of unbranched alkanes of at least 4 members (excludes halogenated alkanes) is 7. The maximum Gasteiger partial charge on any atom is 0.0788 e. The zero-order valence-corrected chi connectivity index (χ0v) is 18.0. The Labute approximate surface area is 182 Å². The van der Waals surface area contributed by atoms with Gasteiger partial charge in [0, 0.05) is 22.6 Å². The van der Waals surface area contributed by atoms with Crippen LogP contribution in [0, 0.1) is 0 Å². The number of nitrogens with zero attached hydrogens (tertiary/aromatic N) is 1. The third kappa shape index (κ3) is 4.73. The van der Waals surface area contributed by atoms with E-state index in [0.29, 0.717) is 5.92 Å². The van der Waals surface area contributed by atoms with Crippen LogP contribution < -0.4 is 0 Å². The third-order valence-electron chi connectivity index (χ3n) is 6.32. The number of allylic oxidation sites excluding steroid dienone is 5. The van der Waals surface area contributed by atoms with Crippen molar-refractivity contribution in [2.75, 3.05) is 0 Å². The van der Waals surface area contributed by atoms with Crippen molar-refractivity contribution < 1.29 is 0 Å². The van der Waals surface area contributed by atoms with Gasteiger partial charge in [0.05, 0.1) is 11.4 Å². The molecular weight excluding hydrogens is 362 g/mol. The van der Waals surface area contributed by atoms with Crippen LogP contribution in [0.25, 0.3) is 5.57 Å². The Morgan fingerprint density at radius 2 is 1.50 bits per heavy atom. The SMILES string of the molecule is C=CC=CCCCCCCCCCC1C=C2C(=Nc3ccccc32)c2ccccc21. The van der Waals surface area contributed by atoms with E-state index in [4.69, 9.17) is 4.99 Å². The summed E-state index contributed by atoms with van der Waals surface area (Å²) in [5, 5.41) is 0. The van der Waals surface area contributed by atoms with Crippen LogP contribution in [-0.2, 0) is 0 Å². The van der Waals surface area contributed by atoms with Crippen LogP contribution in [0.3, 0.4) is 0 Å². The molecule has 2 aliphatic rings. The molecule has 1 aliphatic heterocycles. The molecule has 0 amide bonds. The third-order valence-corrected chi connectivity index (χ3v) is 6.32. The summed E-state index contributed by atoms with van der Waals surface area (Å²) in [7, 11) is 0. The summed E-state index contributed by atoms with van der Waals surface area (Å²) >= 11 is 0. The molecular formula is C29H33N. The lowest BCUT2D eigenvalue weighted by atomic mass is 9.79. The van der Waals surface area contributed by atoms with Gasteiger partial charge in [-0.05, 0) is 30.9 Å². The maximum atomic E-state index is 4.95. The Bertz CT molecular complexity index is 960. The van der Waals surface area contributed by atoms with Crippen molar-refractivity contribution in [2.24, 2.45) is 4.99 Å². The number of hydrogen-bond donors (Lipinski definition) is 0. The van der Waals surface area contributed by atoms with Crippen LogP contribution in [-0.4, -0.2) is 5.71 Å². The molecule has 0 bridgehead atoms. The largest absolute Gasteiger partial charge is 0.247 e. The molecule has 30 heavy (non-hydrogen) atoms. The molecule has 1 heterocycles.